The number of hydrogen-bond acceptors (Lipinski definition) is 6. The van der Waals surface area contributed by atoms with Crippen LogP contribution in [0.15, 0.2) is 58.1 Å². The first-order chi connectivity index (χ1) is 12.4. The van der Waals surface area contributed by atoms with Crippen molar-refractivity contribution in [1.29, 1.82) is 0 Å². The SMILES string of the molecule is COc1ccc(OC)c(S(=O)(=O)Nc2oncc2-c2ccc(Cl)cc2)c1. The summed E-state index contributed by atoms with van der Waals surface area (Å²) in [7, 11) is -1.18. The summed E-state index contributed by atoms with van der Waals surface area (Å²) in [6, 6.07) is 11.3. The van der Waals surface area contributed by atoms with Gasteiger partial charge in [0.05, 0.1) is 26.0 Å². The van der Waals surface area contributed by atoms with Gasteiger partial charge in [-0.3, -0.25) is 0 Å². The number of sulfonamides is 1. The van der Waals surface area contributed by atoms with E-state index in [1.54, 1.807) is 30.3 Å². The van der Waals surface area contributed by atoms with Gasteiger partial charge in [0.2, 0.25) is 5.88 Å². The molecule has 1 N–H and O–H groups in total. The molecule has 3 rings (SSSR count). The van der Waals surface area contributed by atoms with Crippen molar-refractivity contribution in [2.45, 2.75) is 4.90 Å². The van der Waals surface area contributed by atoms with Gasteiger partial charge in [-0.2, -0.15) is 0 Å². The number of methoxy groups -OCH3 is 2. The fraction of sp³-hybridized carbons (Fsp3) is 0.118. The summed E-state index contributed by atoms with van der Waals surface area (Å²) < 4.78 is 43.4. The molecule has 136 valence electrons. The molecule has 2 aromatic carbocycles. The summed E-state index contributed by atoms with van der Waals surface area (Å²) in [4.78, 5) is -0.0854. The Morgan fingerprint density at radius 2 is 1.81 bits per heavy atom. The summed E-state index contributed by atoms with van der Waals surface area (Å²) in [5.74, 6) is 0.532. The van der Waals surface area contributed by atoms with Gasteiger partial charge in [-0.1, -0.05) is 28.9 Å². The van der Waals surface area contributed by atoms with Gasteiger partial charge >= 0.3 is 0 Å². The number of ether oxygens (including phenoxy) is 2. The topological polar surface area (TPSA) is 90.7 Å². The van der Waals surface area contributed by atoms with Gasteiger partial charge < -0.3 is 14.0 Å². The van der Waals surface area contributed by atoms with Crippen LogP contribution in [-0.4, -0.2) is 27.8 Å². The molecule has 0 spiro atoms. The van der Waals surface area contributed by atoms with E-state index in [4.69, 9.17) is 25.6 Å². The maximum atomic E-state index is 12.8. The minimum absolute atomic E-state index is 0.0165. The van der Waals surface area contributed by atoms with Crippen molar-refractivity contribution in [3.63, 3.8) is 0 Å². The minimum atomic E-state index is -4.01. The molecule has 0 saturated heterocycles. The first-order valence-electron chi connectivity index (χ1n) is 7.40. The Morgan fingerprint density at radius 3 is 2.46 bits per heavy atom. The first kappa shape index (κ1) is 18.1. The average Bonchev–Trinajstić information content (AvgIpc) is 3.09. The molecule has 3 aromatic rings. The molecule has 26 heavy (non-hydrogen) atoms. The van der Waals surface area contributed by atoms with Gasteiger partial charge in [-0.05, 0) is 29.8 Å². The third kappa shape index (κ3) is 3.61. The molecule has 9 heteroatoms. The zero-order valence-electron chi connectivity index (χ0n) is 13.9. The summed E-state index contributed by atoms with van der Waals surface area (Å²) in [5.41, 5.74) is 1.18. The van der Waals surface area contributed by atoms with E-state index in [2.05, 4.69) is 9.88 Å². The molecular formula is C17H15ClN2O5S. The summed E-state index contributed by atoms with van der Waals surface area (Å²) in [6.07, 6.45) is 1.42. The highest BCUT2D eigenvalue weighted by molar-refractivity contribution is 7.92. The maximum absolute atomic E-state index is 12.8. The molecule has 0 radical (unpaired) electrons. The fourth-order valence-electron chi connectivity index (χ4n) is 2.32. The fourth-order valence-corrected chi connectivity index (χ4v) is 3.63. The molecule has 0 bridgehead atoms. The monoisotopic (exact) mass is 394 g/mol. The second-order valence-corrected chi connectivity index (χ2v) is 7.29. The highest BCUT2D eigenvalue weighted by Gasteiger charge is 2.24. The van der Waals surface area contributed by atoms with Crippen molar-refractivity contribution in [2.75, 3.05) is 18.9 Å². The van der Waals surface area contributed by atoms with Crippen molar-refractivity contribution in [1.82, 2.24) is 5.16 Å². The largest absolute Gasteiger partial charge is 0.497 e. The smallest absolute Gasteiger partial charge is 0.268 e. The normalized spacial score (nSPS) is 11.2. The van der Waals surface area contributed by atoms with Gasteiger partial charge in [0.25, 0.3) is 10.0 Å². The van der Waals surface area contributed by atoms with Crippen LogP contribution in [0.5, 0.6) is 11.5 Å². The highest BCUT2D eigenvalue weighted by Crippen LogP contribution is 2.33. The van der Waals surface area contributed by atoms with Crippen LogP contribution >= 0.6 is 11.6 Å². The van der Waals surface area contributed by atoms with Crippen molar-refractivity contribution < 1.29 is 22.4 Å². The molecule has 0 aliphatic rings. The second kappa shape index (κ2) is 7.27. The lowest BCUT2D eigenvalue weighted by Gasteiger charge is -2.12. The van der Waals surface area contributed by atoms with Crippen LogP contribution in [0.1, 0.15) is 0 Å². The van der Waals surface area contributed by atoms with Gasteiger partial charge in [-0.15, -0.1) is 0 Å². The first-order valence-corrected chi connectivity index (χ1v) is 9.26. The minimum Gasteiger partial charge on any atom is -0.497 e. The van der Waals surface area contributed by atoms with Gasteiger partial charge in [0, 0.05) is 11.1 Å². The predicted octanol–water partition coefficient (Wildman–Crippen LogP) is 3.81. The van der Waals surface area contributed by atoms with Crippen LogP contribution < -0.4 is 14.2 Å². The molecule has 0 atom stereocenters. The van der Waals surface area contributed by atoms with Crippen LogP contribution in [0, 0.1) is 0 Å². The van der Waals surface area contributed by atoms with Crippen molar-refractivity contribution in [3.8, 4) is 22.6 Å². The van der Waals surface area contributed by atoms with E-state index in [0.29, 0.717) is 21.9 Å². The molecule has 0 aliphatic heterocycles. The lowest BCUT2D eigenvalue weighted by atomic mass is 10.1. The van der Waals surface area contributed by atoms with Crippen molar-refractivity contribution in [2.24, 2.45) is 0 Å². The Bertz CT molecular complexity index is 1020. The number of hydrogen-bond donors (Lipinski definition) is 1. The molecule has 0 saturated carbocycles. The molecule has 1 aromatic heterocycles. The summed E-state index contributed by atoms with van der Waals surface area (Å²) in [5, 5.41) is 4.25. The summed E-state index contributed by atoms with van der Waals surface area (Å²) in [6.45, 7) is 0. The Balaban J connectivity index is 1.99. The van der Waals surface area contributed by atoms with Crippen molar-refractivity contribution >= 4 is 27.5 Å². The lowest BCUT2D eigenvalue weighted by molar-refractivity contribution is 0.392. The van der Waals surface area contributed by atoms with Gasteiger partial charge in [-0.25, -0.2) is 13.1 Å². The molecule has 7 nitrogen and oxygen atoms in total. The molecule has 0 unspecified atom stereocenters. The number of nitrogens with one attached hydrogen (secondary N) is 1. The number of nitrogens with zero attached hydrogens (tertiary/aromatic N) is 1. The van der Waals surface area contributed by atoms with Crippen molar-refractivity contribution in [3.05, 3.63) is 53.7 Å². The Hall–Kier alpha value is -2.71. The number of halogens is 1. The van der Waals surface area contributed by atoms with Crippen LogP contribution in [0.25, 0.3) is 11.1 Å². The van der Waals surface area contributed by atoms with E-state index < -0.39 is 10.0 Å². The predicted molar refractivity (Wildman–Crippen MR) is 97.3 cm³/mol. The third-order valence-electron chi connectivity index (χ3n) is 3.61. The Labute approximate surface area is 155 Å². The average molecular weight is 395 g/mol. The molecular weight excluding hydrogens is 380 g/mol. The molecule has 0 fully saturated rings. The molecule has 0 aliphatic carbocycles. The second-order valence-electron chi connectivity index (χ2n) is 5.20. The van der Waals surface area contributed by atoms with E-state index in [9.17, 15) is 8.42 Å². The Morgan fingerprint density at radius 1 is 1.08 bits per heavy atom. The zero-order valence-corrected chi connectivity index (χ0v) is 15.5. The maximum Gasteiger partial charge on any atom is 0.268 e. The van der Waals surface area contributed by atoms with E-state index >= 15 is 0 Å². The van der Waals surface area contributed by atoms with Crippen LogP contribution in [0.2, 0.25) is 5.02 Å². The van der Waals surface area contributed by atoms with E-state index in [-0.39, 0.29) is 16.5 Å². The standard InChI is InChI=1S/C17H15ClN2O5S/c1-23-13-7-8-15(24-2)16(9-13)26(21,22)20-17-14(10-19-25-17)11-3-5-12(18)6-4-11/h3-10,20H,1-2H3. The van der Waals surface area contributed by atoms with Crippen LogP contribution in [0.4, 0.5) is 5.88 Å². The number of rotatable bonds is 6. The van der Waals surface area contributed by atoms with E-state index in [0.717, 1.165) is 0 Å². The zero-order chi connectivity index (χ0) is 18.7. The van der Waals surface area contributed by atoms with E-state index in [1.165, 1.54) is 32.5 Å². The van der Waals surface area contributed by atoms with Crippen LogP contribution in [0.3, 0.4) is 0 Å². The summed E-state index contributed by atoms with van der Waals surface area (Å²) >= 11 is 5.88. The quantitative estimate of drug-likeness (QED) is 0.683. The van der Waals surface area contributed by atoms with E-state index in [1.807, 2.05) is 0 Å². The van der Waals surface area contributed by atoms with Crippen LogP contribution in [-0.2, 0) is 10.0 Å². The highest BCUT2D eigenvalue weighted by atomic mass is 35.5. The number of anilines is 1. The third-order valence-corrected chi connectivity index (χ3v) is 5.22. The Kier molecular flexibility index (Phi) is 5.06. The lowest BCUT2D eigenvalue weighted by Crippen LogP contribution is -2.14. The number of benzene rings is 2. The van der Waals surface area contributed by atoms with Gasteiger partial charge in [0.1, 0.15) is 16.4 Å². The van der Waals surface area contributed by atoms with Gasteiger partial charge in [0.15, 0.2) is 0 Å². The number of aromatic nitrogens is 1. The molecule has 1 heterocycles. The molecule has 0 amide bonds.